The van der Waals surface area contributed by atoms with Gasteiger partial charge in [0.2, 0.25) is 5.91 Å². The van der Waals surface area contributed by atoms with Crippen LogP contribution >= 0.6 is 0 Å². The minimum Gasteiger partial charge on any atom is -0.334 e. The largest absolute Gasteiger partial charge is 0.334 e. The number of piperidine rings is 1. The van der Waals surface area contributed by atoms with Crippen molar-refractivity contribution in [1.82, 2.24) is 19.8 Å². The van der Waals surface area contributed by atoms with Crippen LogP contribution in [-0.4, -0.2) is 39.5 Å². The molecular weight excluding hydrogens is 343 g/mol. The Labute approximate surface area is 159 Å². The first-order valence-corrected chi connectivity index (χ1v) is 9.86. The van der Waals surface area contributed by atoms with Crippen LogP contribution in [0.4, 0.5) is 4.39 Å². The molecule has 6 heteroatoms. The molecule has 1 saturated carbocycles. The summed E-state index contributed by atoms with van der Waals surface area (Å²) in [6, 6.07) is 6.80. The maximum absolute atomic E-state index is 14.1. The number of carbonyl (C=O) groups excluding carboxylic acids is 1. The second kappa shape index (κ2) is 7.43. The van der Waals surface area contributed by atoms with Gasteiger partial charge in [0.15, 0.2) is 0 Å². The molecule has 4 rings (SSSR count). The predicted molar refractivity (Wildman–Crippen MR) is 101 cm³/mol. The lowest BCUT2D eigenvalue weighted by molar-refractivity contribution is -0.132. The van der Waals surface area contributed by atoms with Crippen molar-refractivity contribution in [3.05, 3.63) is 53.9 Å². The van der Waals surface area contributed by atoms with Crippen molar-refractivity contribution in [1.29, 1.82) is 0 Å². The normalized spacial score (nSPS) is 20.6. The summed E-state index contributed by atoms with van der Waals surface area (Å²) in [5.41, 5.74) is 0.700. The second-order valence-corrected chi connectivity index (χ2v) is 7.75. The molecule has 0 radical (unpaired) electrons. The van der Waals surface area contributed by atoms with Gasteiger partial charge in [-0.05, 0) is 56.3 Å². The van der Waals surface area contributed by atoms with Crippen molar-refractivity contribution in [2.24, 2.45) is 5.41 Å². The zero-order chi connectivity index (χ0) is 18.9. The average Bonchev–Trinajstić information content (AvgIpc) is 3.15. The Balaban J connectivity index is 1.56. The molecule has 5 nitrogen and oxygen atoms in total. The van der Waals surface area contributed by atoms with E-state index in [4.69, 9.17) is 0 Å². The predicted octanol–water partition coefficient (Wildman–Crippen LogP) is 2.76. The molecule has 0 unspecified atom stereocenters. The summed E-state index contributed by atoms with van der Waals surface area (Å²) in [5, 5.41) is 3.41. The first kappa shape index (κ1) is 18.2. The fourth-order valence-electron chi connectivity index (χ4n) is 4.44. The zero-order valence-corrected chi connectivity index (χ0v) is 15.8. The standard InChI is InChI=1S/C21H27FN4O/c1-2-25-12-11-24-19(25)15-26(18-14-21(18)7-9-23-10-8-21)20(27)13-16-5-3-4-6-17(16)22/h3-6,11-12,18,23H,2,7-10,13-15H2,1H3/t18-/m1/s1. The number of nitrogens with one attached hydrogen (secondary N) is 1. The smallest absolute Gasteiger partial charge is 0.227 e. The minimum absolute atomic E-state index is 0.00818. The fraction of sp³-hybridized carbons (Fsp3) is 0.524. The molecule has 2 aromatic rings. The number of benzene rings is 1. The zero-order valence-electron chi connectivity index (χ0n) is 15.8. The first-order valence-electron chi connectivity index (χ1n) is 9.86. The molecule has 0 bridgehead atoms. The number of halogens is 1. The summed E-state index contributed by atoms with van der Waals surface area (Å²) >= 11 is 0. The van der Waals surface area contributed by atoms with Crippen LogP contribution < -0.4 is 5.32 Å². The first-order chi connectivity index (χ1) is 13.1. The number of hydrogen-bond acceptors (Lipinski definition) is 3. The maximum atomic E-state index is 14.1. The number of hydrogen-bond donors (Lipinski definition) is 1. The van der Waals surface area contributed by atoms with Crippen molar-refractivity contribution >= 4 is 5.91 Å². The molecule has 1 aliphatic heterocycles. The number of aryl methyl sites for hydroxylation is 1. The molecule has 1 N–H and O–H groups in total. The van der Waals surface area contributed by atoms with E-state index in [0.29, 0.717) is 12.1 Å². The van der Waals surface area contributed by atoms with E-state index >= 15 is 0 Å². The van der Waals surface area contributed by atoms with Crippen LogP contribution in [0.1, 0.15) is 37.6 Å². The highest BCUT2D eigenvalue weighted by Gasteiger charge is 2.57. The lowest BCUT2D eigenvalue weighted by Gasteiger charge is -2.30. The Bertz CT molecular complexity index is 812. The molecule has 144 valence electrons. The topological polar surface area (TPSA) is 50.2 Å². The summed E-state index contributed by atoms with van der Waals surface area (Å²) in [6.07, 6.45) is 7.08. The van der Waals surface area contributed by atoms with Gasteiger partial charge in [-0.3, -0.25) is 4.79 Å². The molecule has 1 aromatic carbocycles. The van der Waals surface area contributed by atoms with Crippen molar-refractivity contribution in [2.75, 3.05) is 13.1 Å². The van der Waals surface area contributed by atoms with Gasteiger partial charge in [0, 0.05) is 25.0 Å². The highest BCUT2D eigenvalue weighted by atomic mass is 19.1. The Morgan fingerprint density at radius 3 is 2.89 bits per heavy atom. The van der Waals surface area contributed by atoms with Crippen molar-refractivity contribution < 1.29 is 9.18 Å². The molecule has 1 saturated heterocycles. The van der Waals surface area contributed by atoms with E-state index in [1.165, 1.54) is 6.07 Å². The molecular formula is C21H27FN4O. The molecule has 1 atom stereocenters. The van der Waals surface area contributed by atoms with Crippen LogP contribution in [0.25, 0.3) is 0 Å². The Hall–Kier alpha value is -2.21. The van der Waals surface area contributed by atoms with E-state index in [9.17, 15) is 9.18 Å². The van der Waals surface area contributed by atoms with Crippen LogP contribution in [0.15, 0.2) is 36.7 Å². The highest BCUT2D eigenvalue weighted by molar-refractivity contribution is 5.79. The SMILES string of the molecule is CCn1ccnc1CN(C(=O)Cc1ccccc1F)[C@@H]1CC12CCNCC2. The Morgan fingerprint density at radius 2 is 2.15 bits per heavy atom. The molecule has 2 aliphatic rings. The second-order valence-electron chi connectivity index (χ2n) is 7.75. The third-order valence-electron chi connectivity index (χ3n) is 6.20. The maximum Gasteiger partial charge on any atom is 0.227 e. The average molecular weight is 370 g/mol. The number of rotatable bonds is 6. The Morgan fingerprint density at radius 1 is 1.37 bits per heavy atom. The van der Waals surface area contributed by atoms with E-state index in [0.717, 1.165) is 44.7 Å². The van der Waals surface area contributed by atoms with E-state index in [-0.39, 0.29) is 29.6 Å². The molecule has 27 heavy (non-hydrogen) atoms. The minimum atomic E-state index is -0.312. The fourth-order valence-corrected chi connectivity index (χ4v) is 4.44. The molecule has 1 amide bonds. The van der Waals surface area contributed by atoms with Crippen LogP contribution in [0.2, 0.25) is 0 Å². The van der Waals surface area contributed by atoms with Crippen molar-refractivity contribution in [2.45, 2.75) is 51.7 Å². The highest BCUT2D eigenvalue weighted by Crippen LogP contribution is 2.56. The van der Waals surface area contributed by atoms with E-state index in [1.54, 1.807) is 24.4 Å². The van der Waals surface area contributed by atoms with E-state index in [2.05, 4.69) is 21.8 Å². The summed E-state index contributed by atoms with van der Waals surface area (Å²) < 4.78 is 16.1. The van der Waals surface area contributed by atoms with E-state index < -0.39 is 0 Å². The summed E-state index contributed by atoms with van der Waals surface area (Å²) in [7, 11) is 0. The van der Waals surface area contributed by atoms with Gasteiger partial charge in [0.05, 0.1) is 13.0 Å². The van der Waals surface area contributed by atoms with Crippen LogP contribution in [0.3, 0.4) is 0 Å². The molecule has 2 fully saturated rings. The van der Waals surface area contributed by atoms with Crippen molar-refractivity contribution in [3.63, 3.8) is 0 Å². The van der Waals surface area contributed by atoms with E-state index in [1.807, 2.05) is 11.1 Å². The quantitative estimate of drug-likeness (QED) is 0.851. The lowest BCUT2D eigenvalue weighted by atomic mass is 9.93. The molecule has 1 spiro atoms. The van der Waals surface area contributed by atoms with Gasteiger partial charge < -0.3 is 14.8 Å². The molecule has 1 aliphatic carbocycles. The van der Waals surface area contributed by atoms with Crippen LogP contribution in [0, 0.1) is 11.2 Å². The number of carbonyl (C=O) groups is 1. The number of imidazole rings is 1. The van der Waals surface area contributed by atoms with Gasteiger partial charge >= 0.3 is 0 Å². The van der Waals surface area contributed by atoms with Gasteiger partial charge in [-0.15, -0.1) is 0 Å². The van der Waals surface area contributed by atoms with Gasteiger partial charge in [-0.2, -0.15) is 0 Å². The van der Waals surface area contributed by atoms with Crippen LogP contribution in [0.5, 0.6) is 0 Å². The number of aromatic nitrogens is 2. The van der Waals surface area contributed by atoms with Crippen molar-refractivity contribution in [3.8, 4) is 0 Å². The molecule has 2 heterocycles. The molecule has 1 aromatic heterocycles. The third kappa shape index (κ3) is 3.63. The lowest BCUT2D eigenvalue weighted by Crippen LogP contribution is -2.40. The van der Waals surface area contributed by atoms with Crippen LogP contribution in [-0.2, 0) is 24.3 Å². The van der Waals surface area contributed by atoms with Gasteiger partial charge in [0.1, 0.15) is 11.6 Å². The third-order valence-corrected chi connectivity index (χ3v) is 6.20. The summed E-state index contributed by atoms with van der Waals surface area (Å²) in [5.74, 6) is 0.578. The number of amides is 1. The van der Waals surface area contributed by atoms with Gasteiger partial charge in [-0.25, -0.2) is 9.37 Å². The summed E-state index contributed by atoms with van der Waals surface area (Å²) in [6.45, 7) is 5.41. The summed E-state index contributed by atoms with van der Waals surface area (Å²) in [4.78, 5) is 19.6. The number of nitrogens with zero attached hydrogens (tertiary/aromatic N) is 3. The monoisotopic (exact) mass is 370 g/mol. The van der Waals surface area contributed by atoms with Gasteiger partial charge in [-0.1, -0.05) is 18.2 Å². The van der Waals surface area contributed by atoms with Gasteiger partial charge in [0.25, 0.3) is 0 Å². The Kier molecular flexibility index (Phi) is 5.00.